The Morgan fingerprint density at radius 2 is 0.972 bits per heavy atom. The van der Waals surface area contributed by atoms with Crippen molar-refractivity contribution in [1.82, 2.24) is 0 Å². The molecule has 3 rings (SSSR count). The third kappa shape index (κ3) is 8.36. The van der Waals surface area contributed by atoms with Gasteiger partial charge in [-0.3, -0.25) is 9.59 Å². The minimum atomic E-state index is -0.429. The number of carbonyl (C=O) groups is 4. The second-order valence-electron chi connectivity index (χ2n) is 9.42. The van der Waals surface area contributed by atoms with Crippen LogP contribution in [-0.2, 0) is 28.7 Å². The van der Waals surface area contributed by atoms with Gasteiger partial charge in [0.1, 0.15) is 11.5 Å². The minimum Gasteiger partial charge on any atom is -0.462 e. The molecule has 8 nitrogen and oxygen atoms in total. The molecule has 0 spiro atoms. The fraction of sp³-hybridized carbons (Fsp3) is 0.500. The Bertz CT molecular complexity index is 858. The summed E-state index contributed by atoms with van der Waals surface area (Å²) in [6.45, 7) is 7.45. The van der Waals surface area contributed by atoms with Crippen LogP contribution >= 0.6 is 0 Å². The molecule has 2 fully saturated rings. The Hall–Kier alpha value is -3.42. The highest BCUT2D eigenvalue weighted by Gasteiger charge is 2.29. The highest BCUT2D eigenvalue weighted by Crippen LogP contribution is 2.32. The van der Waals surface area contributed by atoms with Gasteiger partial charge in [-0.25, -0.2) is 9.59 Å². The Labute approximate surface area is 211 Å². The van der Waals surface area contributed by atoms with E-state index in [9.17, 15) is 19.2 Å². The molecule has 0 unspecified atom stereocenters. The highest BCUT2D eigenvalue weighted by atomic mass is 16.5. The quantitative estimate of drug-likeness (QED) is 0.262. The fourth-order valence-corrected chi connectivity index (χ4v) is 4.62. The molecule has 0 aromatic heterocycles. The summed E-state index contributed by atoms with van der Waals surface area (Å²) in [6, 6.07) is 6.47. The molecular weight excluding hydrogens is 464 g/mol. The van der Waals surface area contributed by atoms with E-state index in [1.165, 1.54) is 0 Å². The smallest absolute Gasteiger partial charge is 0.330 e. The van der Waals surface area contributed by atoms with Crippen molar-refractivity contribution in [2.45, 2.75) is 51.4 Å². The molecule has 0 radical (unpaired) electrons. The van der Waals surface area contributed by atoms with Gasteiger partial charge in [-0.2, -0.15) is 0 Å². The van der Waals surface area contributed by atoms with Gasteiger partial charge in [0.15, 0.2) is 0 Å². The van der Waals surface area contributed by atoms with E-state index >= 15 is 0 Å². The van der Waals surface area contributed by atoms with Gasteiger partial charge < -0.3 is 18.9 Å². The first kappa shape index (κ1) is 27.2. The average Bonchev–Trinajstić information content (AvgIpc) is 2.91. The van der Waals surface area contributed by atoms with Crippen molar-refractivity contribution in [1.29, 1.82) is 0 Å². The largest absolute Gasteiger partial charge is 0.462 e. The van der Waals surface area contributed by atoms with Gasteiger partial charge in [0.05, 0.1) is 25.0 Å². The zero-order valence-corrected chi connectivity index (χ0v) is 20.5. The summed E-state index contributed by atoms with van der Waals surface area (Å²) in [4.78, 5) is 47.5. The normalized spacial score (nSPS) is 23.6. The third-order valence-corrected chi connectivity index (χ3v) is 6.88. The number of carbonyl (C=O) groups excluding carboxylic acids is 4. The van der Waals surface area contributed by atoms with E-state index in [1.807, 2.05) is 0 Å². The van der Waals surface area contributed by atoms with Crippen LogP contribution in [0.5, 0.6) is 11.5 Å². The van der Waals surface area contributed by atoms with Crippen molar-refractivity contribution in [3.05, 3.63) is 49.6 Å². The number of hydrogen-bond acceptors (Lipinski definition) is 8. The lowest BCUT2D eigenvalue weighted by atomic mass is 9.82. The molecule has 0 bridgehead atoms. The minimum absolute atomic E-state index is 0.190. The van der Waals surface area contributed by atoms with Crippen molar-refractivity contribution in [2.75, 3.05) is 13.2 Å². The monoisotopic (exact) mass is 498 g/mol. The average molecular weight is 499 g/mol. The number of ether oxygens (including phenoxy) is 4. The lowest BCUT2D eigenvalue weighted by Crippen LogP contribution is -2.28. The maximum atomic E-state index is 12.5. The van der Waals surface area contributed by atoms with Crippen LogP contribution in [0.15, 0.2) is 49.6 Å². The lowest BCUT2D eigenvalue weighted by Gasteiger charge is -2.27. The first-order chi connectivity index (χ1) is 17.4. The molecule has 2 saturated carbocycles. The van der Waals surface area contributed by atoms with Crippen molar-refractivity contribution in [3.63, 3.8) is 0 Å². The molecular formula is C28H34O8. The van der Waals surface area contributed by atoms with Gasteiger partial charge >= 0.3 is 23.9 Å². The maximum absolute atomic E-state index is 12.5. The molecule has 8 heteroatoms. The summed E-state index contributed by atoms with van der Waals surface area (Å²) in [6.07, 6.45) is 8.20. The Morgan fingerprint density at radius 3 is 1.28 bits per heavy atom. The van der Waals surface area contributed by atoms with Crippen molar-refractivity contribution >= 4 is 23.9 Å². The van der Waals surface area contributed by atoms with Crippen LogP contribution in [0.1, 0.15) is 51.4 Å². The topological polar surface area (TPSA) is 105 Å². The van der Waals surface area contributed by atoms with Crippen molar-refractivity contribution in [2.24, 2.45) is 23.7 Å². The molecule has 2 aliphatic rings. The Morgan fingerprint density at radius 1 is 0.639 bits per heavy atom. The van der Waals surface area contributed by atoms with Gasteiger partial charge in [0.25, 0.3) is 0 Å². The van der Waals surface area contributed by atoms with Gasteiger partial charge in [0, 0.05) is 12.2 Å². The van der Waals surface area contributed by atoms with Crippen LogP contribution in [-0.4, -0.2) is 37.1 Å². The molecule has 0 atom stereocenters. The van der Waals surface area contributed by atoms with E-state index in [0.29, 0.717) is 50.4 Å². The zero-order valence-electron chi connectivity index (χ0n) is 20.5. The number of esters is 4. The van der Waals surface area contributed by atoms with Crippen LogP contribution in [0.25, 0.3) is 0 Å². The Balaban J connectivity index is 1.37. The van der Waals surface area contributed by atoms with E-state index in [2.05, 4.69) is 13.2 Å². The summed E-state index contributed by atoms with van der Waals surface area (Å²) in [5, 5.41) is 0. The van der Waals surface area contributed by atoms with Crippen LogP contribution in [0.3, 0.4) is 0 Å². The van der Waals surface area contributed by atoms with Crippen molar-refractivity contribution < 1.29 is 38.1 Å². The summed E-state index contributed by atoms with van der Waals surface area (Å²) in [5.41, 5.74) is 0. The number of hydrogen-bond donors (Lipinski definition) is 0. The number of rotatable bonds is 10. The molecule has 0 aliphatic heterocycles. The summed E-state index contributed by atoms with van der Waals surface area (Å²) in [5.74, 6) is -0.507. The van der Waals surface area contributed by atoms with E-state index < -0.39 is 11.9 Å². The third-order valence-electron chi connectivity index (χ3n) is 6.88. The summed E-state index contributed by atoms with van der Waals surface area (Å²) < 4.78 is 21.2. The second-order valence-corrected chi connectivity index (χ2v) is 9.42. The Kier molecular flexibility index (Phi) is 10.3. The van der Waals surface area contributed by atoms with Crippen LogP contribution in [0, 0.1) is 23.7 Å². The first-order valence-electron chi connectivity index (χ1n) is 12.5. The SMILES string of the molecule is C=CC(=O)OCC1CCC(C(=O)Oc2ccc(OC(=O)C3CCC(COC(=O)C=C)CC3)cc2)CC1. The molecule has 36 heavy (non-hydrogen) atoms. The molecule has 0 saturated heterocycles. The predicted octanol–water partition coefficient (Wildman–Crippen LogP) is 4.57. The van der Waals surface area contributed by atoms with Crippen molar-refractivity contribution in [3.8, 4) is 11.5 Å². The van der Waals surface area contributed by atoms with Gasteiger partial charge in [0.2, 0.25) is 0 Å². The lowest BCUT2D eigenvalue weighted by molar-refractivity contribution is -0.143. The molecule has 194 valence electrons. The summed E-state index contributed by atoms with van der Waals surface area (Å²) >= 11 is 0. The number of benzene rings is 1. The molecule has 1 aromatic carbocycles. The molecule has 0 N–H and O–H groups in total. The van der Waals surface area contributed by atoms with E-state index in [-0.39, 0.29) is 35.6 Å². The highest BCUT2D eigenvalue weighted by molar-refractivity contribution is 5.81. The summed E-state index contributed by atoms with van der Waals surface area (Å²) in [7, 11) is 0. The zero-order chi connectivity index (χ0) is 25.9. The standard InChI is InChI=1S/C28H34O8/c1-3-25(29)33-17-19-5-9-21(10-6-19)27(31)35-23-13-15-24(16-14-23)36-28(32)22-11-7-20(8-12-22)18-34-26(30)4-2/h3-4,13-16,19-22H,1-2,5-12,17-18H2. The van der Waals surface area contributed by atoms with E-state index in [4.69, 9.17) is 18.9 Å². The molecule has 2 aliphatic carbocycles. The van der Waals surface area contributed by atoms with Gasteiger partial charge in [-0.1, -0.05) is 13.2 Å². The van der Waals surface area contributed by atoms with Crippen LogP contribution < -0.4 is 9.47 Å². The van der Waals surface area contributed by atoms with Gasteiger partial charge in [-0.15, -0.1) is 0 Å². The maximum Gasteiger partial charge on any atom is 0.330 e. The van der Waals surface area contributed by atoms with E-state index in [1.54, 1.807) is 24.3 Å². The van der Waals surface area contributed by atoms with Crippen LogP contribution in [0.4, 0.5) is 0 Å². The molecule has 0 amide bonds. The van der Waals surface area contributed by atoms with E-state index in [0.717, 1.165) is 37.8 Å². The molecule has 0 heterocycles. The fourth-order valence-electron chi connectivity index (χ4n) is 4.62. The predicted molar refractivity (Wildman–Crippen MR) is 131 cm³/mol. The van der Waals surface area contributed by atoms with Gasteiger partial charge in [-0.05, 0) is 87.5 Å². The second kappa shape index (κ2) is 13.6. The first-order valence-corrected chi connectivity index (χ1v) is 12.5. The molecule has 1 aromatic rings. The van der Waals surface area contributed by atoms with Crippen LogP contribution in [0.2, 0.25) is 0 Å².